The van der Waals surface area contributed by atoms with Gasteiger partial charge in [0, 0.05) is 27.8 Å². The van der Waals surface area contributed by atoms with Gasteiger partial charge in [-0.15, -0.1) is 11.8 Å². The summed E-state index contributed by atoms with van der Waals surface area (Å²) in [6, 6.07) is 18.4. The van der Waals surface area contributed by atoms with Gasteiger partial charge in [-0.25, -0.2) is 4.98 Å². The van der Waals surface area contributed by atoms with E-state index >= 15 is 0 Å². The van der Waals surface area contributed by atoms with Gasteiger partial charge in [0.25, 0.3) is 0 Å². The molecule has 142 valence electrons. The molecule has 0 amide bonds. The normalized spacial score (nSPS) is 11.0. The molecule has 4 aromatic rings. The summed E-state index contributed by atoms with van der Waals surface area (Å²) in [5.74, 6) is 1.99. The van der Waals surface area contributed by atoms with Crippen LogP contribution in [0.3, 0.4) is 0 Å². The molecule has 0 saturated heterocycles. The molecule has 0 unspecified atom stereocenters. The van der Waals surface area contributed by atoms with Crippen LogP contribution in [0.15, 0.2) is 59.5 Å². The maximum atomic E-state index is 5.34. The Labute approximate surface area is 168 Å². The lowest BCUT2D eigenvalue weighted by Crippen LogP contribution is -1.99. The number of benzene rings is 2. The van der Waals surface area contributed by atoms with Crippen molar-refractivity contribution in [2.45, 2.75) is 11.8 Å². The molecule has 0 bridgehead atoms. The lowest BCUT2D eigenvalue weighted by molar-refractivity contribution is 0.397. The van der Waals surface area contributed by atoms with E-state index in [1.807, 2.05) is 37.3 Å². The first-order valence-electron chi connectivity index (χ1n) is 8.87. The minimum atomic E-state index is 0.556. The number of nitrogens with zero attached hydrogens (tertiary/aromatic N) is 3. The van der Waals surface area contributed by atoms with Crippen molar-refractivity contribution in [2.75, 3.05) is 20.5 Å². The topological polar surface area (TPSA) is 48.7 Å². The van der Waals surface area contributed by atoms with E-state index in [0.29, 0.717) is 11.7 Å². The molecule has 5 nitrogen and oxygen atoms in total. The lowest BCUT2D eigenvalue weighted by Gasteiger charge is -2.10. The van der Waals surface area contributed by atoms with Gasteiger partial charge in [0.1, 0.15) is 5.75 Å². The Kier molecular flexibility index (Phi) is 4.96. The second-order valence-corrected chi connectivity index (χ2v) is 7.22. The Hall–Kier alpha value is -2.99. The number of hydrogen-bond acceptors (Lipinski definition) is 5. The Bertz CT molecular complexity index is 1120. The lowest BCUT2D eigenvalue weighted by atomic mass is 10.0. The molecule has 0 saturated carbocycles. The molecule has 28 heavy (non-hydrogen) atoms. The molecule has 0 atom stereocenters. The fourth-order valence-electron chi connectivity index (χ4n) is 3.26. The first-order chi connectivity index (χ1) is 13.6. The third-order valence-electron chi connectivity index (χ3n) is 4.69. The molecule has 0 N–H and O–H groups in total. The third kappa shape index (κ3) is 3.20. The van der Waals surface area contributed by atoms with Crippen LogP contribution < -0.4 is 9.47 Å². The van der Waals surface area contributed by atoms with Gasteiger partial charge in [-0.1, -0.05) is 12.1 Å². The maximum absolute atomic E-state index is 5.34. The van der Waals surface area contributed by atoms with E-state index in [2.05, 4.69) is 39.9 Å². The molecule has 0 aliphatic rings. The van der Waals surface area contributed by atoms with Gasteiger partial charge in [-0.2, -0.15) is 4.98 Å². The average molecular weight is 391 g/mol. The minimum Gasteiger partial charge on any atom is -0.497 e. The van der Waals surface area contributed by atoms with E-state index in [9.17, 15) is 0 Å². The van der Waals surface area contributed by atoms with E-state index in [1.54, 1.807) is 26.0 Å². The van der Waals surface area contributed by atoms with E-state index < -0.39 is 0 Å². The number of hydrogen-bond donors (Lipinski definition) is 0. The number of thioether (sulfide) groups is 1. The number of imidazole rings is 1. The van der Waals surface area contributed by atoms with Gasteiger partial charge >= 0.3 is 0 Å². The predicted octanol–water partition coefficient (Wildman–Crippen LogP) is 5.11. The van der Waals surface area contributed by atoms with Crippen molar-refractivity contribution >= 4 is 17.5 Å². The molecule has 0 aliphatic carbocycles. The van der Waals surface area contributed by atoms with Gasteiger partial charge in [-0.3, -0.25) is 4.40 Å². The van der Waals surface area contributed by atoms with E-state index in [1.165, 1.54) is 4.90 Å². The van der Waals surface area contributed by atoms with Crippen LogP contribution in [0.1, 0.15) is 5.69 Å². The van der Waals surface area contributed by atoms with Gasteiger partial charge < -0.3 is 9.47 Å². The zero-order chi connectivity index (χ0) is 19.7. The van der Waals surface area contributed by atoms with E-state index in [-0.39, 0.29) is 0 Å². The molecule has 2 aromatic heterocycles. The van der Waals surface area contributed by atoms with Crippen molar-refractivity contribution in [2.24, 2.45) is 0 Å². The summed E-state index contributed by atoms with van der Waals surface area (Å²) in [6.07, 6.45) is 2.07. The number of rotatable bonds is 5. The van der Waals surface area contributed by atoms with E-state index in [0.717, 1.165) is 34.0 Å². The van der Waals surface area contributed by atoms with Crippen molar-refractivity contribution in [3.8, 4) is 34.1 Å². The first kappa shape index (κ1) is 18.4. The summed E-state index contributed by atoms with van der Waals surface area (Å²) in [4.78, 5) is 10.6. The molecule has 0 aliphatic heterocycles. The van der Waals surface area contributed by atoms with Crippen LogP contribution in [0.25, 0.3) is 28.3 Å². The highest BCUT2D eigenvalue weighted by Crippen LogP contribution is 2.35. The highest BCUT2D eigenvalue weighted by atomic mass is 32.2. The van der Waals surface area contributed by atoms with Crippen LogP contribution in [-0.2, 0) is 0 Å². The SMILES string of the molecule is COc1ccc(-c2c(-c3ccc(SC)cc3)nc3nc(OC)cc(C)n23)cc1. The Balaban J connectivity index is 1.99. The predicted molar refractivity (Wildman–Crippen MR) is 113 cm³/mol. The summed E-state index contributed by atoms with van der Waals surface area (Å²) in [7, 11) is 3.29. The number of fused-ring (bicyclic) bond motifs is 1. The zero-order valence-electron chi connectivity index (χ0n) is 16.3. The summed E-state index contributed by atoms with van der Waals surface area (Å²) < 4.78 is 12.7. The maximum Gasteiger partial charge on any atom is 0.238 e. The first-order valence-corrected chi connectivity index (χ1v) is 10.1. The van der Waals surface area contributed by atoms with Crippen molar-refractivity contribution in [3.63, 3.8) is 0 Å². The van der Waals surface area contributed by atoms with Crippen molar-refractivity contribution in [1.82, 2.24) is 14.4 Å². The van der Waals surface area contributed by atoms with Crippen molar-refractivity contribution in [1.29, 1.82) is 0 Å². The average Bonchev–Trinajstić information content (AvgIpc) is 3.13. The highest BCUT2D eigenvalue weighted by molar-refractivity contribution is 7.98. The second-order valence-electron chi connectivity index (χ2n) is 6.34. The van der Waals surface area contributed by atoms with Crippen molar-refractivity contribution in [3.05, 3.63) is 60.3 Å². The summed E-state index contributed by atoms with van der Waals surface area (Å²) in [6.45, 7) is 2.03. The zero-order valence-corrected chi connectivity index (χ0v) is 17.1. The van der Waals surface area contributed by atoms with Gasteiger partial charge in [-0.05, 0) is 49.6 Å². The Morgan fingerprint density at radius 2 is 1.54 bits per heavy atom. The van der Waals surface area contributed by atoms with Crippen LogP contribution in [0.5, 0.6) is 11.6 Å². The van der Waals surface area contributed by atoms with Crippen LogP contribution in [0.4, 0.5) is 0 Å². The molecule has 2 heterocycles. The summed E-state index contributed by atoms with van der Waals surface area (Å²) in [5, 5.41) is 0. The number of methoxy groups -OCH3 is 2. The molecule has 0 fully saturated rings. The summed E-state index contributed by atoms with van der Waals surface area (Å²) >= 11 is 1.72. The monoisotopic (exact) mass is 391 g/mol. The number of aryl methyl sites for hydroxylation is 1. The highest BCUT2D eigenvalue weighted by Gasteiger charge is 2.19. The number of aromatic nitrogens is 3. The molecular weight excluding hydrogens is 370 g/mol. The van der Waals surface area contributed by atoms with Crippen LogP contribution in [-0.4, -0.2) is 34.8 Å². The van der Waals surface area contributed by atoms with Crippen molar-refractivity contribution < 1.29 is 9.47 Å². The smallest absolute Gasteiger partial charge is 0.238 e. The van der Waals surface area contributed by atoms with Crippen LogP contribution in [0.2, 0.25) is 0 Å². The third-order valence-corrected chi connectivity index (χ3v) is 5.43. The molecule has 0 radical (unpaired) electrons. The van der Waals surface area contributed by atoms with E-state index in [4.69, 9.17) is 14.5 Å². The van der Waals surface area contributed by atoms with Crippen LogP contribution in [0, 0.1) is 6.92 Å². The Morgan fingerprint density at radius 1 is 0.857 bits per heavy atom. The van der Waals surface area contributed by atoms with Gasteiger partial charge in [0.2, 0.25) is 11.7 Å². The number of ether oxygens (including phenoxy) is 2. The second kappa shape index (κ2) is 7.56. The fraction of sp³-hybridized carbons (Fsp3) is 0.182. The summed E-state index contributed by atoms with van der Waals surface area (Å²) in [5.41, 5.74) is 5.00. The molecule has 0 spiro atoms. The largest absolute Gasteiger partial charge is 0.497 e. The standard InChI is InChI=1S/C22H21N3O2S/c1-14-13-19(27-3)23-22-24-20(15-7-11-18(28-4)12-8-15)21(25(14)22)16-5-9-17(26-2)10-6-16/h5-13H,1-4H3. The van der Waals surface area contributed by atoms with Gasteiger partial charge in [0.15, 0.2) is 0 Å². The quantitative estimate of drug-likeness (QED) is 0.443. The molecular formula is C22H21N3O2S. The molecule has 2 aromatic carbocycles. The van der Waals surface area contributed by atoms with Gasteiger partial charge in [0.05, 0.1) is 25.6 Å². The Morgan fingerprint density at radius 3 is 2.14 bits per heavy atom. The minimum absolute atomic E-state index is 0.556. The molecule has 4 rings (SSSR count). The molecule has 6 heteroatoms. The van der Waals surface area contributed by atoms with Crippen LogP contribution >= 0.6 is 11.8 Å². The fourth-order valence-corrected chi connectivity index (χ4v) is 3.67.